The number of likely N-dealkylation sites (tertiary alicyclic amines) is 1. The molecular formula is C24H29NO8. The maximum Gasteiger partial charge on any atom is 0.232 e. The van der Waals surface area contributed by atoms with Crippen LogP contribution in [0, 0.1) is 5.92 Å². The van der Waals surface area contributed by atoms with Crippen LogP contribution in [-0.4, -0.2) is 69.1 Å². The second-order valence-corrected chi connectivity index (χ2v) is 8.78. The van der Waals surface area contributed by atoms with Gasteiger partial charge in [0.05, 0.1) is 25.3 Å². The van der Waals surface area contributed by atoms with Gasteiger partial charge >= 0.3 is 0 Å². The zero-order valence-electron chi connectivity index (χ0n) is 18.6. The van der Waals surface area contributed by atoms with E-state index < -0.39 is 39.8 Å². The smallest absolute Gasteiger partial charge is 0.232 e. The summed E-state index contributed by atoms with van der Waals surface area (Å²) in [5.74, 6) is -6.59. The van der Waals surface area contributed by atoms with Crippen molar-refractivity contribution in [1.82, 2.24) is 4.90 Å². The van der Waals surface area contributed by atoms with Crippen molar-refractivity contribution in [3.63, 3.8) is 0 Å². The van der Waals surface area contributed by atoms with E-state index in [4.69, 9.17) is 9.47 Å². The van der Waals surface area contributed by atoms with E-state index in [1.165, 1.54) is 19.8 Å². The summed E-state index contributed by atoms with van der Waals surface area (Å²) in [6.45, 7) is 2.23. The van der Waals surface area contributed by atoms with Gasteiger partial charge in [-0.3, -0.25) is 9.69 Å². The number of aliphatic hydroxyl groups is 3. The average Bonchev–Trinajstić information content (AvgIpc) is 2.95. The van der Waals surface area contributed by atoms with Crippen molar-refractivity contribution in [3.8, 4) is 23.0 Å². The lowest BCUT2D eigenvalue weighted by Gasteiger charge is -2.38. The maximum absolute atomic E-state index is 13.2. The van der Waals surface area contributed by atoms with E-state index in [1.807, 2.05) is 18.2 Å². The Morgan fingerprint density at radius 3 is 2.12 bits per heavy atom. The minimum atomic E-state index is -3.12. The molecule has 4 rings (SSSR count). The van der Waals surface area contributed by atoms with Gasteiger partial charge in [0, 0.05) is 6.54 Å². The summed E-state index contributed by atoms with van der Waals surface area (Å²) in [4.78, 5) is 15.5. The fraction of sp³-hybridized carbons (Fsp3) is 0.458. The third-order valence-corrected chi connectivity index (χ3v) is 6.84. The predicted molar refractivity (Wildman–Crippen MR) is 117 cm³/mol. The number of hydrogen-bond donors (Lipinski definition) is 5. The molecule has 1 fully saturated rings. The van der Waals surface area contributed by atoms with Gasteiger partial charge in [-0.1, -0.05) is 30.3 Å². The van der Waals surface area contributed by atoms with Gasteiger partial charge in [-0.2, -0.15) is 0 Å². The van der Waals surface area contributed by atoms with Crippen LogP contribution in [0.15, 0.2) is 30.3 Å². The molecular weight excluding hydrogens is 430 g/mol. The highest BCUT2D eigenvalue weighted by molar-refractivity contribution is 6.12. The summed E-state index contributed by atoms with van der Waals surface area (Å²) >= 11 is 0. The van der Waals surface area contributed by atoms with Crippen molar-refractivity contribution in [2.24, 2.45) is 5.92 Å². The van der Waals surface area contributed by atoms with Crippen molar-refractivity contribution in [2.75, 3.05) is 27.3 Å². The minimum Gasteiger partial charge on any atom is -0.504 e. The van der Waals surface area contributed by atoms with Crippen LogP contribution in [0.2, 0.25) is 0 Å². The molecule has 0 aromatic heterocycles. The molecule has 1 heterocycles. The highest BCUT2D eigenvalue weighted by Gasteiger charge is 2.65. The fourth-order valence-corrected chi connectivity index (χ4v) is 5.03. The van der Waals surface area contributed by atoms with E-state index in [-0.39, 0.29) is 23.8 Å². The number of rotatable bonds is 6. The number of piperidine rings is 1. The molecule has 0 bridgehead atoms. The van der Waals surface area contributed by atoms with E-state index in [0.717, 1.165) is 19.6 Å². The van der Waals surface area contributed by atoms with Gasteiger partial charge in [0.15, 0.2) is 17.1 Å². The van der Waals surface area contributed by atoms with Crippen LogP contribution in [-0.2, 0) is 12.3 Å². The Balaban J connectivity index is 1.57. The number of phenols is 2. The largest absolute Gasteiger partial charge is 0.504 e. The quantitative estimate of drug-likeness (QED) is 0.321. The summed E-state index contributed by atoms with van der Waals surface area (Å²) in [5.41, 5.74) is -2.73. The number of Topliss-reactive ketones (excluding diaryl/α,β-unsaturated/α-hetero) is 1. The second-order valence-electron chi connectivity index (χ2n) is 8.78. The molecule has 0 amide bonds. The predicted octanol–water partition coefficient (Wildman–Crippen LogP) is 1.48. The van der Waals surface area contributed by atoms with Gasteiger partial charge in [0.25, 0.3) is 0 Å². The lowest BCUT2D eigenvalue weighted by molar-refractivity contribution is -0.263. The Labute approximate surface area is 191 Å². The lowest BCUT2D eigenvalue weighted by atomic mass is 9.79. The Hall–Kier alpha value is -2.85. The van der Waals surface area contributed by atoms with Crippen molar-refractivity contribution in [3.05, 3.63) is 47.0 Å². The van der Waals surface area contributed by atoms with E-state index in [9.17, 15) is 30.3 Å². The zero-order chi connectivity index (χ0) is 24.0. The molecule has 178 valence electrons. The Bertz CT molecular complexity index is 1050. The van der Waals surface area contributed by atoms with Crippen LogP contribution in [0.5, 0.6) is 23.0 Å². The summed E-state index contributed by atoms with van der Waals surface area (Å²) in [6, 6.07) is 10.0. The molecule has 5 N–H and O–H groups in total. The van der Waals surface area contributed by atoms with Gasteiger partial charge in [0.1, 0.15) is 0 Å². The van der Waals surface area contributed by atoms with Crippen LogP contribution < -0.4 is 9.47 Å². The van der Waals surface area contributed by atoms with Gasteiger partial charge in [0.2, 0.25) is 23.1 Å². The molecule has 0 radical (unpaired) electrons. The molecule has 33 heavy (non-hydrogen) atoms. The highest BCUT2D eigenvalue weighted by atomic mass is 16.5. The number of benzene rings is 2. The summed E-state index contributed by atoms with van der Waals surface area (Å²) in [5, 5.41) is 54.3. The van der Waals surface area contributed by atoms with Crippen LogP contribution in [0.25, 0.3) is 0 Å². The highest BCUT2D eigenvalue weighted by Crippen LogP contribution is 2.58. The van der Waals surface area contributed by atoms with Crippen molar-refractivity contribution < 1.29 is 39.8 Å². The summed E-state index contributed by atoms with van der Waals surface area (Å²) < 4.78 is 10.1. The van der Waals surface area contributed by atoms with E-state index >= 15 is 0 Å². The summed E-state index contributed by atoms with van der Waals surface area (Å²) in [6.07, 6.45) is 1.04. The first-order valence-corrected chi connectivity index (χ1v) is 10.8. The van der Waals surface area contributed by atoms with Crippen molar-refractivity contribution in [2.45, 2.75) is 37.2 Å². The van der Waals surface area contributed by atoms with E-state index in [0.29, 0.717) is 12.8 Å². The molecule has 0 saturated carbocycles. The second kappa shape index (κ2) is 8.49. The lowest BCUT2D eigenvalue weighted by Crippen LogP contribution is -2.54. The molecule has 1 atom stereocenters. The van der Waals surface area contributed by atoms with Crippen LogP contribution in [0.3, 0.4) is 0 Å². The monoisotopic (exact) mass is 459 g/mol. The number of aromatic hydroxyl groups is 2. The summed E-state index contributed by atoms with van der Waals surface area (Å²) in [7, 11) is 2.38. The number of nitrogens with zero attached hydrogens (tertiary/aromatic N) is 1. The SMILES string of the molecule is COc1c(O)c2c(c(O)c1OC)C(O)(O)C(O)(CC1CCN(Cc3ccccc3)CC1)C2=O. The van der Waals surface area contributed by atoms with Gasteiger partial charge in [-0.15, -0.1) is 0 Å². The molecule has 2 aromatic carbocycles. The van der Waals surface area contributed by atoms with Crippen LogP contribution in [0.1, 0.15) is 40.7 Å². The molecule has 9 heteroatoms. The maximum atomic E-state index is 13.2. The molecule has 1 aliphatic carbocycles. The molecule has 9 nitrogen and oxygen atoms in total. The molecule has 2 aliphatic rings. The number of ether oxygens (including phenoxy) is 2. The van der Waals surface area contributed by atoms with Crippen LogP contribution >= 0.6 is 0 Å². The molecule has 2 aromatic rings. The number of fused-ring (bicyclic) bond motifs is 1. The first kappa shape index (κ1) is 23.3. The Kier molecular flexibility index (Phi) is 6.00. The van der Waals surface area contributed by atoms with E-state index in [2.05, 4.69) is 17.0 Å². The number of carbonyl (C=O) groups excluding carboxylic acids is 1. The third kappa shape index (κ3) is 3.61. The average molecular weight is 459 g/mol. The van der Waals surface area contributed by atoms with Gasteiger partial charge in [-0.05, 0) is 43.8 Å². The molecule has 1 unspecified atom stereocenters. The Morgan fingerprint density at radius 2 is 1.55 bits per heavy atom. The fourth-order valence-electron chi connectivity index (χ4n) is 5.03. The number of phenolic OH excluding ortho intramolecular Hbond substituents is 2. The van der Waals surface area contributed by atoms with Gasteiger partial charge in [-0.25, -0.2) is 0 Å². The molecule has 0 spiro atoms. The zero-order valence-corrected chi connectivity index (χ0v) is 18.6. The first-order valence-electron chi connectivity index (χ1n) is 10.8. The normalized spacial score (nSPS) is 22.9. The topological polar surface area (TPSA) is 140 Å². The molecule has 1 saturated heterocycles. The van der Waals surface area contributed by atoms with Crippen molar-refractivity contribution >= 4 is 5.78 Å². The Morgan fingerprint density at radius 1 is 0.970 bits per heavy atom. The van der Waals surface area contributed by atoms with Crippen molar-refractivity contribution in [1.29, 1.82) is 0 Å². The number of ketones is 1. The standard InChI is InChI=1S/C24H29NO8/c1-32-20-18(26)16-17(19(27)21(20)33-2)24(30,31)23(29,22(16)28)12-14-8-10-25(11-9-14)13-15-6-4-3-5-7-15/h3-7,14,26-27,29-31H,8-13H2,1-2H3. The molecule has 1 aliphatic heterocycles. The van der Waals surface area contributed by atoms with Crippen LogP contribution in [0.4, 0.5) is 0 Å². The van der Waals surface area contributed by atoms with Gasteiger partial charge < -0.3 is 35.0 Å². The number of hydrogen-bond acceptors (Lipinski definition) is 9. The number of carbonyl (C=O) groups is 1. The number of methoxy groups -OCH3 is 2. The first-order chi connectivity index (χ1) is 15.7. The third-order valence-electron chi connectivity index (χ3n) is 6.84. The van der Waals surface area contributed by atoms with E-state index in [1.54, 1.807) is 0 Å². The minimum absolute atomic E-state index is 0.174.